The summed E-state index contributed by atoms with van der Waals surface area (Å²) in [6.07, 6.45) is 1.22. The Labute approximate surface area is 140 Å². The molecule has 130 valence electrons. The molecule has 0 bridgehead atoms. The third-order valence-electron chi connectivity index (χ3n) is 3.44. The van der Waals surface area contributed by atoms with Crippen LogP contribution >= 0.6 is 0 Å². The Morgan fingerprint density at radius 3 is 2.88 bits per heavy atom. The lowest BCUT2D eigenvalue weighted by Gasteiger charge is -2.21. The number of aromatic amines is 1. The average Bonchev–Trinajstić information content (AvgIpc) is 2.94. The molecule has 3 N–H and O–H groups in total. The fourth-order valence-electron chi connectivity index (χ4n) is 2.19. The normalized spacial score (nSPS) is 12.5. The number of likely N-dealkylation sites (N-methyl/N-ethyl adjacent to an activating group) is 1. The van der Waals surface area contributed by atoms with Crippen molar-refractivity contribution in [1.29, 1.82) is 0 Å². The van der Waals surface area contributed by atoms with Gasteiger partial charge in [0.2, 0.25) is 0 Å². The molecule has 3 aromatic heterocycles. The number of nitrogens with one attached hydrogen (secondary N) is 2. The smallest absolute Gasteiger partial charge is 0.347 e. The topological polar surface area (TPSA) is 129 Å². The lowest BCUT2D eigenvalue weighted by molar-refractivity contribution is -0.141. The second-order valence-corrected chi connectivity index (χ2v) is 5.41. The highest BCUT2D eigenvalue weighted by atomic mass is 19.1. The average molecular weight is 347 g/mol. The Balaban J connectivity index is 2.01. The van der Waals surface area contributed by atoms with Crippen LogP contribution in [0.3, 0.4) is 0 Å². The van der Waals surface area contributed by atoms with Gasteiger partial charge in [0.05, 0.1) is 6.20 Å². The van der Waals surface area contributed by atoms with Gasteiger partial charge in [-0.15, -0.1) is 0 Å². The molecule has 3 aromatic rings. The Kier molecular flexibility index (Phi) is 4.15. The standard InChI is InChI=1S/C14H14FN7O3/c1-21(2)12(13(23)24)18-11-8(15)5-16-10(17-11)7-3-4-9-19-20-14(25)22(9)6-7/h3-6,12H,1-2H3,(H,20,25)(H,23,24)(H,16,17,18). The summed E-state index contributed by atoms with van der Waals surface area (Å²) in [4.78, 5) is 32.2. The van der Waals surface area contributed by atoms with Gasteiger partial charge in [-0.3, -0.25) is 4.90 Å². The van der Waals surface area contributed by atoms with Gasteiger partial charge in [0, 0.05) is 11.8 Å². The maximum absolute atomic E-state index is 14.0. The lowest BCUT2D eigenvalue weighted by Crippen LogP contribution is -2.42. The number of H-pyrrole nitrogens is 1. The molecule has 0 aromatic carbocycles. The van der Waals surface area contributed by atoms with Crippen LogP contribution in [0.5, 0.6) is 0 Å². The van der Waals surface area contributed by atoms with Crippen LogP contribution in [0.15, 0.2) is 29.3 Å². The number of hydrogen-bond acceptors (Lipinski definition) is 7. The number of hydrogen-bond donors (Lipinski definition) is 3. The van der Waals surface area contributed by atoms with Gasteiger partial charge in [-0.25, -0.2) is 33.4 Å². The van der Waals surface area contributed by atoms with Crippen molar-refractivity contribution >= 4 is 17.4 Å². The van der Waals surface area contributed by atoms with E-state index in [2.05, 4.69) is 25.5 Å². The second kappa shape index (κ2) is 6.28. The zero-order valence-corrected chi connectivity index (χ0v) is 13.3. The number of pyridine rings is 1. The molecule has 0 spiro atoms. The molecule has 0 fully saturated rings. The van der Waals surface area contributed by atoms with Crippen LogP contribution in [-0.4, -0.2) is 60.8 Å². The molecular weight excluding hydrogens is 333 g/mol. The number of carboxylic acid groups (broad SMARTS) is 1. The van der Waals surface area contributed by atoms with Gasteiger partial charge in [-0.1, -0.05) is 0 Å². The fraction of sp³-hybridized carbons (Fsp3) is 0.214. The fourth-order valence-corrected chi connectivity index (χ4v) is 2.19. The van der Waals surface area contributed by atoms with E-state index in [4.69, 9.17) is 0 Å². The van der Waals surface area contributed by atoms with Crippen LogP contribution in [-0.2, 0) is 4.79 Å². The predicted octanol–water partition coefficient (Wildman–Crippen LogP) is 0.00290. The van der Waals surface area contributed by atoms with Crippen LogP contribution in [0.1, 0.15) is 0 Å². The van der Waals surface area contributed by atoms with E-state index in [1.807, 2.05) is 0 Å². The highest BCUT2D eigenvalue weighted by Crippen LogP contribution is 2.19. The quantitative estimate of drug-likeness (QED) is 0.550. The van der Waals surface area contributed by atoms with Crippen LogP contribution in [0.25, 0.3) is 17.0 Å². The summed E-state index contributed by atoms with van der Waals surface area (Å²) < 4.78 is 15.2. The monoisotopic (exact) mass is 347 g/mol. The number of carboxylic acids is 1. The first-order chi connectivity index (χ1) is 11.9. The molecule has 0 radical (unpaired) electrons. The minimum atomic E-state index is -1.18. The summed E-state index contributed by atoms with van der Waals surface area (Å²) in [7, 11) is 3.07. The Bertz CT molecular complexity index is 997. The van der Waals surface area contributed by atoms with E-state index in [0.717, 1.165) is 6.20 Å². The van der Waals surface area contributed by atoms with E-state index in [9.17, 15) is 19.1 Å². The molecular formula is C14H14FN7O3. The molecule has 0 saturated heterocycles. The van der Waals surface area contributed by atoms with Crippen LogP contribution < -0.4 is 11.0 Å². The van der Waals surface area contributed by atoms with E-state index < -0.39 is 23.6 Å². The van der Waals surface area contributed by atoms with Gasteiger partial charge in [0.25, 0.3) is 0 Å². The number of nitrogens with zero attached hydrogens (tertiary/aromatic N) is 5. The highest BCUT2D eigenvalue weighted by Gasteiger charge is 2.22. The SMILES string of the molecule is CN(C)C(Nc1nc(-c2ccc3n[nH]c(=O)n3c2)ncc1F)C(=O)O. The van der Waals surface area contributed by atoms with Crippen LogP contribution in [0, 0.1) is 5.82 Å². The maximum Gasteiger partial charge on any atom is 0.347 e. The zero-order valence-electron chi connectivity index (χ0n) is 13.3. The second-order valence-electron chi connectivity index (χ2n) is 5.41. The van der Waals surface area contributed by atoms with Crippen molar-refractivity contribution in [3.05, 3.63) is 40.8 Å². The van der Waals surface area contributed by atoms with Gasteiger partial charge in [0.1, 0.15) is 0 Å². The number of aromatic nitrogens is 5. The maximum atomic E-state index is 14.0. The number of aliphatic carboxylic acids is 1. The molecule has 0 saturated carbocycles. The van der Waals surface area contributed by atoms with Crippen molar-refractivity contribution in [2.24, 2.45) is 0 Å². The van der Waals surface area contributed by atoms with Crippen LogP contribution in [0.4, 0.5) is 10.2 Å². The van der Waals surface area contributed by atoms with Crippen molar-refractivity contribution in [1.82, 2.24) is 29.5 Å². The first-order valence-corrected chi connectivity index (χ1v) is 7.12. The molecule has 1 unspecified atom stereocenters. The van der Waals surface area contributed by atoms with Gasteiger partial charge >= 0.3 is 11.7 Å². The molecule has 10 nitrogen and oxygen atoms in total. The lowest BCUT2D eigenvalue weighted by atomic mass is 10.2. The van der Waals surface area contributed by atoms with Gasteiger partial charge in [-0.05, 0) is 26.2 Å². The van der Waals surface area contributed by atoms with E-state index in [1.165, 1.54) is 29.6 Å². The molecule has 0 aliphatic rings. The summed E-state index contributed by atoms with van der Waals surface area (Å²) in [5.74, 6) is -2.11. The Morgan fingerprint density at radius 1 is 1.44 bits per heavy atom. The van der Waals surface area contributed by atoms with Gasteiger partial charge < -0.3 is 10.4 Å². The van der Waals surface area contributed by atoms with E-state index in [-0.39, 0.29) is 11.6 Å². The van der Waals surface area contributed by atoms with Crippen LogP contribution in [0.2, 0.25) is 0 Å². The van der Waals surface area contributed by atoms with Crippen molar-refractivity contribution in [2.45, 2.75) is 6.17 Å². The predicted molar refractivity (Wildman–Crippen MR) is 85.5 cm³/mol. The third-order valence-corrected chi connectivity index (χ3v) is 3.44. The van der Waals surface area contributed by atoms with E-state index in [0.29, 0.717) is 11.2 Å². The van der Waals surface area contributed by atoms with Crippen molar-refractivity contribution in [2.75, 3.05) is 19.4 Å². The summed E-state index contributed by atoms with van der Waals surface area (Å²) in [5, 5.41) is 17.8. The van der Waals surface area contributed by atoms with E-state index >= 15 is 0 Å². The van der Waals surface area contributed by atoms with E-state index in [1.54, 1.807) is 12.1 Å². The molecule has 0 aliphatic carbocycles. The first kappa shape index (κ1) is 16.5. The number of anilines is 1. The molecule has 0 aliphatic heterocycles. The number of rotatable bonds is 5. The summed E-state index contributed by atoms with van der Waals surface area (Å²) in [6.45, 7) is 0. The third kappa shape index (κ3) is 3.17. The Morgan fingerprint density at radius 2 is 2.20 bits per heavy atom. The van der Waals surface area contributed by atoms with Crippen molar-refractivity contribution < 1.29 is 14.3 Å². The molecule has 25 heavy (non-hydrogen) atoms. The molecule has 3 rings (SSSR count). The molecule has 11 heteroatoms. The minimum absolute atomic E-state index is 0.127. The molecule has 3 heterocycles. The molecule has 1 atom stereocenters. The van der Waals surface area contributed by atoms with Gasteiger partial charge in [0.15, 0.2) is 29.3 Å². The number of fused-ring (bicyclic) bond motifs is 1. The minimum Gasteiger partial charge on any atom is -0.479 e. The largest absolute Gasteiger partial charge is 0.479 e. The van der Waals surface area contributed by atoms with Crippen molar-refractivity contribution in [3.8, 4) is 11.4 Å². The van der Waals surface area contributed by atoms with Crippen molar-refractivity contribution in [3.63, 3.8) is 0 Å². The number of carbonyl (C=O) groups is 1. The highest BCUT2D eigenvalue weighted by molar-refractivity contribution is 5.76. The Hall–Kier alpha value is -3.34. The summed E-state index contributed by atoms with van der Waals surface area (Å²) in [5.41, 5.74) is 0.416. The number of halogens is 1. The summed E-state index contributed by atoms with van der Waals surface area (Å²) in [6, 6.07) is 3.19. The summed E-state index contributed by atoms with van der Waals surface area (Å²) >= 11 is 0. The first-order valence-electron chi connectivity index (χ1n) is 7.12. The van der Waals surface area contributed by atoms with Gasteiger partial charge in [-0.2, -0.15) is 5.10 Å². The molecule has 0 amide bonds. The zero-order chi connectivity index (χ0) is 18.1.